The van der Waals surface area contributed by atoms with Crippen LogP contribution in [0.3, 0.4) is 0 Å². The smallest absolute Gasteiger partial charge is 0.731 e. The van der Waals surface area contributed by atoms with Gasteiger partial charge in [0.15, 0.2) is 27.2 Å². The number of carbonyl (C=O) groups is 3. The molecule has 0 aliphatic carbocycles. The molecule has 13 nitrogen and oxygen atoms in total. The Morgan fingerprint density at radius 2 is 2.14 bits per heavy atom. The molecule has 148 valence electrons. The third kappa shape index (κ3) is 4.98. The quantitative estimate of drug-likeness (QED) is 0.103. The average molecular weight is 443 g/mol. The molecule has 0 aromatic carbocycles. The summed E-state index contributed by atoms with van der Waals surface area (Å²) < 4.78 is 37.6. The normalized spacial score (nSPS) is 19.3. The summed E-state index contributed by atoms with van der Waals surface area (Å²) in [4.78, 5) is 44.9. The van der Waals surface area contributed by atoms with Crippen LogP contribution in [0.15, 0.2) is 10.5 Å². The predicted octanol–water partition coefficient (Wildman–Crippen LogP) is -5.20. The third-order valence-electron chi connectivity index (χ3n) is 3.29. The monoisotopic (exact) mass is 443 g/mol. The maximum atomic E-state index is 12.5. The van der Waals surface area contributed by atoms with Gasteiger partial charge in [-0.25, -0.2) is 22.5 Å². The summed E-state index contributed by atoms with van der Waals surface area (Å²) in [6, 6.07) is -3.47. The number of amides is 2. The molecule has 1 aromatic rings. The minimum Gasteiger partial charge on any atom is -0.731 e. The summed E-state index contributed by atoms with van der Waals surface area (Å²) in [5.74, 6) is -3.48. The van der Waals surface area contributed by atoms with Gasteiger partial charge in [-0.15, -0.1) is 11.3 Å². The molecule has 1 fully saturated rings. The van der Waals surface area contributed by atoms with Crippen molar-refractivity contribution < 1.29 is 66.5 Å². The molecule has 0 radical (unpaired) electrons. The Morgan fingerprint density at radius 1 is 1.50 bits per heavy atom. The van der Waals surface area contributed by atoms with Gasteiger partial charge in [0.1, 0.15) is 18.3 Å². The van der Waals surface area contributed by atoms with E-state index in [4.69, 9.17) is 10.6 Å². The molecular formula is C12H14N5NaO8S2. The summed E-state index contributed by atoms with van der Waals surface area (Å²) in [6.07, 6.45) is 0. The molecule has 0 unspecified atom stereocenters. The maximum Gasteiger partial charge on any atom is 1.00 e. The minimum absolute atomic E-state index is 0. The van der Waals surface area contributed by atoms with Gasteiger partial charge >= 0.3 is 35.5 Å². The van der Waals surface area contributed by atoms with Gasteiger partial charge in [-0.1, -0.05) is 5.16 Å². The summed E-state index contributed by atoms with van der Waals surface area (Å²) >= 11 is 1.02. The fourth-order valence-corrected chi connectivity index (χ4v) is 3.51. The van der Waals surface area contributed by atoms with Crippen LogP contribution in [0.25, 0.3) is 0 Å². The zero-order chi connectivity index (χ0) is 20.4. The van der Waals surface area contributed by atoms with Gasteiger partial charge < -0.3 is 25.2 Å². The fraction of sp³-hybridized carbons (Fsp3) is 0.417. The van der Waals surface area contributed by atoms with Gasteiger partial charge in [0.05, 0.1) is 7.11 Å². The van der Waals surface area contributed by atoms with Crippen molar-refractivity contribution in [2.24, 2.45) is 5.16 Å². The average Bonchev–Trinajstić information content (AvgIpc) is 3.01. The molecule has 0 saturated carbocycles. The first-order chi connectivity index (χ1) is 12.6. The Hall–Kier alpha value is -1.78. The number of hydrogen-bond acceptors (Lipinski definition) is 12. The Balaban J connectivity index is 0.00000392. The molecule has 2 amide bonds. The first-order valence-electron chi connectivity index (χ1n) is 7.20. The second-order valence-corrected chi connectivity index (χ2v) is 7.08. The van der Waals surface area contributed by atoms with Gasteiger partial charge in [0.25, 0.3) is 11.8 Å². The van der Waals surface area contributed by atoms with Crippen LogP contribution in [0.5, 0.6) is 0 Å². The molecule has 3 N–H and O–H groups in total. The van der Waals surface area contributed by atoms with E-state index in [1.165, 1.54) is 5.38 Å². The van der Waals surface area contributed by atoms with Gasteiger partial charge in [0.2, 0.25) is 0 Å². The maximum absolute atomic E-state index is 12.5. The summed E-state index contributed by atoms with van der Waals surface area (Å²) in [6.45, 7) is 1.72. The number of hydrogen-bond donors (Lipinski definition) is 2. The van der Waals surface area contributed by atoms with Gasteiger partial charge in [-0.05, 0) is 6.92 Å². The zero-order valence-corrected chi connectivity index (χ0v) is 18.6. The number of rotatable bonds is 7. The van der Waals surface area contributed by atoms with Crippen LogP contribution in [0.4, 0.5) is 5.13 Å². The van der Waals surface area contributed by atoms with E-state index in [-0.39, 0.29) is 57.0 Å². The van der Waals surface area contributed by atoms with Crippen LogP contribution in [-0.4, -0.2) is 71.6 Å². The molecule has 0 spiro atoms. The SMILES string of the molecule is CCON=C(C(=O)N[C@@H]1C(=O)N(S(=O)(=O)[O-])[C@@H]1C(=O)OC)c1csc(N)n1.[Na+]. The number of methoxy groups -OCH3 is 1. The van der Waals surface area contributed by atoms with Gasteiger partial charge in [-0.3, -0.25) is 9.59 Å². The van der Waals surface area contributed by atoms with Crippen molar-refractivity contribution in [1.29, 1.82) is 0 Å². The number of ether oxygens (including phenoxy) is 1. The van der Waals surface area contributed by atoms with E-state index in [0.717, 1.165) is 18.4 Å². The van der Waals surface area contributed by atoms with Crippen molar-refractivity contribution >= 4 is 50.3 Å². The number of oxime groups is 1. The van der Waals surface area contributed by atoms with Gasteiger partial charge in [0, 0.05) is 5.38 Å². The van der Waals surface area contributed by atoms with Crippen LogP contribution in [0.2, 0.25) is 0 Å². The van der Waals surface area contributed by atoms with Crippen molar-refractivity contribution in [3.63, 3.8) is 0 Å². The van der Waals surface area contributed by atoms with Crippen molar-refractivity contribution in [1.82, 2.24) is 14.6 Å². The number of thiazole rings is 1. The molecule has 2 rings (SSSR count). The first kappa shape index (κ1) is 24.3. The Bertz CT molecular complexity index is 902. The van der Waals surface area contributed by atoms with E-state index in [1.807, 2.05) is 0 Å². The van der Waals surface area contributed by atoms with E-state index < -0.39 is 40.2 Å². The molecule has 28 heavy (non-hydrogen) atoms. The Kier molecular flexibility index (Phi) is 8.33. The molecule has 1 aliphatic heterocycles. The number of nitrogens with zero attached hydrogens (tertiary/aromatic N) is 3. The van der Waals surface area contributed by atoms with E-state index in [1.54, 1.807) is 6.92 Å². The molecule has 16 heteroatoms. The van der Waals surface area contributed by atoms with Crippen LogP contribution in [-0.2, 0) is 34.3 Å². The number of nitrogen functional groups attached to an aromatic ring is 1. The Labute approximate surface area is 185 Å². The van der Waals surface area contributed by atoms with E-state index in [0.29, 0.717) is 0 Å². The van der Waals surface area contributed by atoms with E-state index in [9.17, 15) is 27.4 Å². The summed E-state index contributed by atoms with van der Waals surface area (Å²) in [7, 11) is -4.34. The second kappa shape index (κ2) is 9.62. The molecule has 2 atom stereocenters. The van der Waals surface area contributed by atoms with Crippen LogP contribution in [0, 0.1) is 0 Å². The van der Waals surface area contributed by atoms with Crippen molar-refractivity contribution in [2.45, 2.75) is 19.0 Å². The zero-order valence-electron chi connectivity index (χ0n) is 14.9. The number of nitrogens with two attached hydrogens (primary N) is 1. The topological polar surface area (TPSA) is 193 Å². The van der Waals surface area contributed by atoms with Crippen molar-refractivity contribution in [3.05, 3.63) is 11.1 Å². The first-order valence-corrected chi connectivity index (χ1v) is 9.45. The number of esters is 1. The molecule has 0 bridgehead atoms. The second-order valence-electron chi connectivity index (χ2n) is 4.94. The third-order valence-corrected chi connectivity index (χ3v) is 4.85. The summed E-state index contributed by atoms with van der Waals surface area (Å²) in [5.41, 5.74) is 5.19. The van der Waals surface area contributed by atoms with Crippen LogP contribution in [0.1, 0.15) is 12.6 Å². The minimum atomic E-state index is -5.27. The number of β-lactam (4-membered cyclic amide) rings is 1. The molecule has 1 saturated heterocycles. The number of carbonyl (C=O) groups excluding carboxylic acids is 3. The standard InChI is InChI=1S/C12H15N5O8S2.Na/c1-3-25-16-6(5-4-26-12(13)14-5)9(18)15-7-8(11(20)24-2)17(10(7)19)27(21,22)23;/h4,7-8H,3H2,1-2H3,(H2,13,14)(H,15,18)(H,21,22,23);/q;+1/p-1/t7-,8-;/m0./s1. The molecule has 1 aliphatic rings. The Morgan fingerprint density at radius 3 is 2.61 bits per heavy atom. The molecule has 2 heterocycles. The predicted molar refractivity (Wildman–Crippen MR) is 89.0 cm³/mol. The number of aromatic nitrogens is 1. The van der Waals surface area contributed by atoms with Crippen LogP contribution < -0.4 is 40.6 Å². The van der Waals surface area contributed by atoms with Crippen molar-refractivity contribution in [3.8, 4) is 0 Å². The fourth-order valence-electron chi connectivity index (χ4n) is 2.14. The number of nitrogens with one attached hydrogen (secondary N) is 1. The van der Waals surface area contributed by atoms with Gasteiger partial charge in [-0.2, -0.15) is 0 Å². The van der Waals surface area contributed by atoms with Crippen LogP contribution >= 0.6 is 11.3 Å². The largest absolute Gasteiger partial charge is 1.00 e. The van der Waals surface area contributed by atoms with Crippen molar-refractivity contribution in [2.75, 3.05) is 19.5 Å². The molecular weight excluding hydrogens is 429 g/mol. The van der Waals surface area contributed by atoms with E-state index in [2.05, 4.69) is 20.2 Å². The molecule has 1 aromatic heterocycles. The summed E-state index contributed by atoms with van der Waals surface area (Å²) in [5, 5.41) is 7.26. The van der Waals surface area contributed by atoms with E-state index >= 15 is 0 Å². The number of anilines is 1.